The van der Waals surface area contributed by atoms with E-state index < -0.39 is 0 Å². The lowest BCUT2D eigenvalue weighted by Gasteiger charge is -2.20. The van der Waals surface area contributed by atoms with Crippen LogP contribution in [0.3, 0.4) is 0 Å². The highest BCUT2D eigenvalue weighted by Gasteiger charge is 2.14. The molecule has 0 aliphatic carbocycles. The molecule has 0 rings (SSSR count). The Morgan fingerprint density at radius 2 is 1.94 bits per heavy atom. The predicted molar refractivity (Wildman–Crippen MR) is 70.2 cm³/mol. The number of rotatable bonds is 10. The minimum absolute atomic E-state index is 0.255. The number of hydrogen-bond donors (Lipinski definition) is 4. The van der Waals surface area contributed by atoms with Crippen molar-refractivity contribution >= 4 is 5.84 Å². The molecule has 17 heavy (non-hydrogen) atoms. The lowest BCUT2D eigenvalue weighted by atomic mass is 9.96. The van der Waals surface area contributed by atoms with Gasteiger partial charge in [-0.15, -0.1) is 0 Å². The topological polar surface area (TPSA) is 90.9 Å². The minimum atomic E-state index is -0.255. The van der Waals surface area contributed by atoms with Crippen LogP contribution in [0.1, 0.15) is 46.0 Å². The molecule has 0 aromatic carbocycles. The summed E-state index contributed by atoms with van der Waals surface area (Å²) in [5.74, 6) is 0.668. The van der Waals surface area contributed by atoms with Gasteiger partial charge in [0.2, 0.25) is 0 Å². The lowest BCUT2D eigenvalue weighted by molar-refractivity contribution is 0.102. The second-order valence-electron chi connectivity index (χ2n) is 4.40. The SMILES string of the molecule is CCC(CC)C(O)CNCCCCC(N)=NO. The monoisotopic (exact) mass is 245 g/mol. The van der Waals surface area contributed by atoms with Crippen LogP contribution in [0.4, 0.5) is 0 Å². The minimum Gasteiger partial charge on any atom is -0.409 e. The van der Waals surface area contributed by atoms with Crippen molar-refractivity contribution in [2.75, 3.05) is 13.1 Å². The molecule has 0 aromatic rings. The molecular formula is C12H27N3O2. The van der Waals surface area contributed by atoms with Crippen LogP contribution in [-0.2, 0) is 0 Å². The number of aliphatic hydroxyl groups excluding tert-OH is 1. The van der Waals surface area contributed by atoms with E-state index in [1.165, 1.54) is 0 Å². The van der Waals surface area contributed by atoms with Crippen LogP contribution in [0, 0.1) is 5.92 Å². The molecule has 0 amide bonds. The maximum Gasteiger partial charge on any atom is 0.139 e. The van der Waals surface area contributed by atoms with Gasteiger partial charge in [0.25, 0.3) is 0 Å². The third-order valence-corrected chi connectivity index (χ3v) is 3.11. The zero-order chi connectivity index (χ0) is 13.1. The van der Waals surface area contributed by atoms with Gasteiger partial charge < -0.3 is 21.4 Å². The van der Waals surface area contributed by atoms with E-state index in [1.54, 1.807) is 0 Å². The van der Waals surface area contributed by atoms with E-state index in [0.717, 1.165) is 32.2 Å². The van der Waals surface area contributed by atoms with Crippen LogP contribution >= 0.6 is 0 Å². The number of aliphatic hydroxyl groups is 1. The van der Waals surface area contributed by atoms with Gasteiger partial charge in [-0.1, -0.05) is 31.8 Å². The molecule has 0 aliphatic rings. The zero-order valence-corrected chi connectivity index (χ0v) is 11.0. The molecular weight excluding hydrogens is 218 g/mol. The van der Waals surface area contributed by atoms with Crippen LogP contribution < -0.4 is 11.1 Å². The fourth-order valence-electron chi connectivity index (χ4n) is 1.86. The third kappa shape index (κ3) is 7.99. The van der Waals surface area contributed by atoms with Gasteiger partial charge in [-0.3, -0.25) is 0 Å². The molecule has 0 radical (unpaired) electrons. The van der Waals surface area contributed by atoms with Crippen molar-refractivity contribution < 1.29 is 10.3 Å². The van der Waals surface area contributed by atoms with E-state index in [0.29, 0.717) is 18.9 Å². The Hall–Kier alpha value is -0.810. The van der Waals surface area contributed by atoms with Crippen LogP contribution in [0.5, 0.6) is 0 Å². The summed E-state index contributed by atoms with van der Waals surface area (Å²) in [4.78, 5) is 0. The van der Waals surface area contributed by atoms with Crippen molar-refractivity contribution in [3.05, 3.63) is 0 Å². The summed E-state index contributed by atoms with van der Waals surface area (Å²) in [6.45, 7) is 5.72. The number of nitrogens with one attached hydrogen (secondary N) is 1. The van der Waals surface area contributed by atoms with Crippen LogP contribution in [0.25, 0.3) is 0 Å². The highest BCUT2D eigenvalue weighted by Crippen LogP contribution is 2.12. The number of nitrogens with two attached hydrogens (primary N) is 1. The molecule has 0 spiro atoms. The lowest BCUT2D eigenvalue weighted by Crippen LogP contribution is -2.33. The molecule has 5 nitrogen and oxygen atoms in total. The van der Waals surface area contributed by atoms with Gasteiger partial charge in [-0.05, 0) is 25.3 Å². The molecule has 1 atom stereocenters. The molecule has 0 aromatic heterocycles. The summed E-state index contributed by atoms with van der Waals surface area (Å²) >= 11 is 0. The summed E-state index contributed by atoms with van der Waals surface area (Å²) in [6.07, 6.45) is 4.25. The number of amidine groups is 1. The fourth-order valence-corrected chi connectivity index (χ4v) is 1.86. The first kappa shape index (κ1) is 16.2. The van der Waals surface area contributed by atoms with Gasteiger partial charge >= 0.3 is 0 Å². The third-order valence-electron chi connectivity index (χ3n) is 3.11. The van der Waals surface area contributed by atoms with Crippen molar-refractivity contribution in [2.24, 2.45) is 16.8 Å². The summed E-state index contributed by atoms with van der Waals surface area (Å²) < 4.78 is 0. The average Bonchev–Trinajstić information content (AvgIpc) is 2.34. The fraction of sp³-hybridized carbons (Fsp3) is 0.917. The first-order valence-electron chi connectivity index (χ1n) is 6.50. The van der Waals surface area contributed by atoms with Crippen molar-refractivity contribution in [3.8, 4) is 0 Å². The number of oxime groups is 1. The second-order valence-corrected chi connectivity index (χ2v) is 4.40. The molecule has 5 N–H and O–H groups in total. The summed E-state index contributed by atoms with van der Waals surface area (Å²) in [5.41, 5.74) is 5.35. The molecule has 102 valence electrons. The van der Waals surface area contributed by atoms with E-state index in [4.69, 9.17) is 10.9 Å². The molecule has 0 fully saturated rings. The van der Waals surface area contributed by atoms with Gasteiger partial charge in [0.05, 0.1) is 6.10 Å². The van der Waals surface area contributed by atoms with E-state index in [-0.39, 0.29) is 11.9 Å². The molecule has 0 bridgehead atoms. The van der Waals surface area contributed by atoms with Gasteiger partial charge in [0, 0.05) is 13.0 Å². The standard InChI is InChI=1S/C12H27N3O2/c1-3-10(4-2)11(16)9-14-8-6-5-7-12(13)15-17/h10-11,14,16-17H,3-9H2,1-2H3,(H2,13,15). The highest BCUT2D eigenvalue weighted by molar-refractivity contribution is 5.79. The van der Waals surface area contributed by atoms with E-state index >= 15 is 0 Å². The highest BCUT2D eigenvalue weighted by atomic mass is 16.4. The predicted octanol–water partition coefficient (Wildman–Crippen LogP) is 1.29. The van der Waals surface area contributed by atoms with Crippen LogP contribution in [0.2, 0.25) is 0 Å². The number of unbranched alkanes of at least 4 members (excludes halogenated alkanes) is 1. The Labute approximate surface area is 104 Å². The Bertz CT molecular complexity index is 206. The molecule has 0 saturated carbocycles. The normalized spacial score (nSPS) is 14.2. The number of hydrogen-bond acceptors (Lipinski definition) is 4. The second kappa shape index (κ2) is 10.4. The smallest absolute Gasteiger partial charge is 0.139 e. The molecule has 0 heterocycles. The largest absolute Gasteiger partial charge is 0.409 e. The first-order valence-corrected chi connectivity index (χ1v) is 6.50. The summed E-state index contributed by atoms with van der Waals surface area (Å²) in [5, 5.41) is 24.3. The van der Waals surface area contributed by atoms with Crippen LogP contribution in [-0.4, -0.2) is 35.3 Å². The molecule has 5 heteroatoms. The molecule has 0 saturated heterocycles. The maximum atomic E-state index is 9.86. The van der Waals surface area contributed by atoms with Gasteiger partial charge in [0.15, 0.2) is 0 Å². The van der Waals surface area contributed by atoms with E-state index in [2.05, 4.69) is 24.3 Å². The summed E-state index contributed by atoms with van der Waals surface area (Å²) in [6, 6.07) is 0. The Morgan fingerprint density at radius 1 is 1.29 bits per heavy atom. The Balaban J connectivity index is 3.45. The van der Waals surface area contributed by atoms with Gasteiger partial charge in [-0.2, -0.15) is 0 Å². The van der Waals surface area contributed by atoms with Gasteiger partial charge in [0.1, 0.15) is 5.84 Å². The Morgan fingerprint density at radius 3 is 2.47 bits per heavy atom. The Kier molecular flexibility index (Phi) is 9.86. The average molecular weight is 245 g/mol. The van der Waals surface area contributed by atoms with Crippen LogP contribution in [0.15, 0.2) is 5.16 Å². The van der Waals surface area contributed by atoms with E-state index in [9.17, 15) is 5.11 Å². The van der Waals surface area contributed by atoms with Crippen molar-refractivity contribution in [1.82, 2.24) is 5.32 Å². The van der Waals surface area contributed by atoms with Crippen molar-refractivity contribution in [3.63, 3.8) is 0 Å². The number of nitrogens with zero attached hydrogens (tertiary/aromatic N) is 1. The van der Waals surface area contributed by atoms with Crippen molar-refractivity contribution in [1.29, 1.82) is 0 Å². The maximum absolute atomic E-state index is 9.86. The molecule has 0 aliphatic heterocycles. The molecule has 1 unspecified atom stereocenters. The summed E-state index contributed by atoms with van der Waals surface area (Å²) in [7, 11) is 0. The van der Waals surface area contributed by atoms with Gasteiger partial charge in [-0.25, -0.2) is 0 Å². The zero-order valence-electron chi connectivity index (χ0n) is 11.0. The first-order chi connectivity index (χ1) is 8.15. The van der Waals surface area contributed by atoms with Crippen molar-refractivity contribution in [2.45, 2.75) is 52.1 Å². The van der Waals surface area contributed by atoms with E-state index in [1.807, 2.05) is 0 Å². The quantitative estimate of drug-likeness (QED) is 0.153.